The number of nitrogens with zero attached hydrogens (tertiary/aromatic N) is 3. The van der Waals surface area contributed by atoms with Crippen molar-refractivity contribution >= 4 is 10.0 Å². The largest absolute Gasteiger partial charge is 0.573 e. The molecule has 0 bridgehead atoms. The quantitative estimate of drug-likeness (QED) is 0.827. The molecule has 0 unspecified atom stereocenters. The summed E-state index contributed by atoms with van der Waals surface area (Å²) in [5, 5.41) is 3.67. The van der Waals surface area contributed by atoms with Gasteiger partial charge in [-0.05, 0) is 18.6 Å². The van der Waals surface area contributed by atoms with Gasteiger partial charge in [-0.3, -0.25) is 0 Å². The minimum Gasteiger partial charge on any atom is -0.404 e. The maximum Gasteiger partial charge on any atom is 0.573 e. The molecular weight excluding hydrogens is 351 g/mol. The number of alkyl halides is 3. The van der Waals surface area contributed by atoms with Gasteiger partial charge in [-0.15, -0.1) is 13.2 Å². The molecule has 3 rings (SSSR count). The fourth-order valence-corrected chi connectivity index (χ4v) is 4.14. The Morgan fingerprint density at radius 3 is 2.71 bits per heavy atom. The van der Waals surface area contributed by atoms with E-state index in [1.165, 1.54) is 12.1 Å². The predicted octanol–water partition coefficient (Wildman–Crippen LogP) is 2.15. The highest BCUT2D eigenvalue weighted by molar-refractivity contribution is 7.89. The fraction of sp³-hybridized carbons (Fsp3) is 0.385. The number of rotatable bonds is 4. The first-order valence-corrected chi connectivity index (χ1v) is 8.32. The molecule has 1 aromatic carbocycles. The maximum atomic E-state index is 12.7. The first kappa shape index (κ1) is 16.7. The van der Waals surface area contributed by atoms with Crippen LogP contribution in [-0.4, -0.2) is 42.3 Å². The van der Waals surface area contributed by atoms with Gasteiger partial charge in [0.15, 0.2) is 5.82 Å². The van der Waals surface area contributed by atoms with Crippen LogP contribution in [0.4, 0.5) is 13.2 Å². The van der Waals surface area contributed by atoms with Gasteiger partial charge in [-0.2, -0.15) is 9.29 Å². The second-order valence-electron chi connectivity index (χ2n) is 5.13. The Morgan fingerprint density at radius 1 is 1.29 bits per heavy atom. The Hall–Kier alpha value is -2.14. The van der Waals surface area contributed by atoms with Crippen molar-refractivity contribution in [2.75, 3.05) is 13.1 Å². The van der Waals surface area contributed by atoms with Gasteiger partial charge in [-0.25, -0.2) is 8.42 Å². The highest BCUT2D eigenvalue weighted by Gasteiger charge is 2.38. The molecule has 0 amide bonds. The minimum absolute atomic E-state index is 0.0578. The summed E-state index contributed by atoms with van der Waals surface area (Å²) in [7, 11) is -4.14. The normalized spacial score (nSPS) is 19.5. The van der Waals surface area contributed by atoms with Crippen LogP contribution < -0.4 is 4.74 Å². The number of para-hydroxylation sites is 1. The topological polar surface area (TPSA) is 85.5 Å². The highest BCUT2D eigenvalue weighted by Crippen LogP contribution is 2.34. The van der Waals surface area contributed by atoms with Gasteiger partial charge >= 0.3 is 6.36 Å². The van der Waals surface area contributed by atoms with Gasteiger partial charge < -0.3 is 9.26 Å². The number of hydrogen-bond acceptors (Lipinski definition) is 6. The maximum absolute atomic E-state index is 12.7. The van der Waals surface area contributed by atoms with Crippen molar-refractivity contribution in [1.29, 1.82) is 0 Å². The molecule has 2 aromatic rings. The summed E-state index contributed by atoms with van der Waals surface area (Å²) in [4.78, 5) is 3.35. The van der Waals surface area contributed by atoms with Crippen molar-refractivity contribution in [3.05, 3.63) is 36.5 Å². The number of ether oxygens (including phenoxy) is 1. The van der Waals surface area contributed by atoms with Crippen LogP contribution in [0.15, 0.2) is 40.1 Å². The summed E-state index contributed by atoms with van der Waals surface area (Å²) >= 11 is 0. The van der Waals surface area contributed by atoms with Gasteiger partial charge in [0.1, 0.15) is 10.6 Å². The van der Waals surface area contributed by atoms with Crippen LogP contribution in [-0.2, 0) is 10.0 Å². The Labute approximate surface area is 135 Å². The van der Waals surface area contributed by atoms with E-state index in [4.69, 9.17) is 0 Å². The van der Waals surface area contributed by atoms with Crippen molar-refractivity contribution in [3.8, 4) is 5.75 Å². The monoisotopic (exact) mass is 363 g/mol. The van der Waals surface area contributed by atoms with Crippen LogP contribution in [0.25, 0.3) is 0 Å². The molecular formula is C13H12F3N3O4S. The van der Waals surface area contributed by atoms with E-state index in [0.717, 1.165) is 22.8 Å². The highest BCUT2D eigenvalue weighted by atomic mass is 32.2. The zero-order valence-corrected chi connectivity index (χ0v) is 12.9. The van der Waals surface area contributed by atoms with Crippen molar-refractivity contribution in [3.63, 3.8) is 0 Å². The summed E-state index contributed by atoms with van der Waals surface area (Å²) in [6.45, 7) is 0.199. The van der Waals surface area contributed by atoms with Gasteiger partial charge in [0, 0.05) is 19.0 Å². The molecule has 1 aliphatic heterocycles. The Balaban J connectivity index is 1.87. The average molecular weight is 363 g/mol. The van der Waals surface area contributed by atoms with Crippen molar-refractivity contribution in [1.82, 2.24) is 14.4 Å². The summed E-state index contributed by atoms with van der Waals surface area (Å²) in [5.41, 5.74) is 0. The molecule has 1 atom stereocenters. The molecule has 0 radical (unpaired) electrons. The average Bonchev–Trinajstić information content (AvgIpc) is 3.17. The second-order valence-corrected chi connectivity index (χ2v) is 7.04. The lowest BCUT2D eigenvalue weighted by Gasteiger charge is -2.19. The number of hydrogen-bond donors (Lipinski definition) is 0. The molecule has 24 heavy (non-hydrogen) atoms. The lowest BCUT2D eigenvalue weighted by Crippen LogP contribution is -2.30. The van der Waals surface area contributed by atoms with Crippen molar-refractivity contribution in [2.24, 2.45) is 0 Å². The summed E-state index contributed by atoms with van der Waals surface area (Å²) in [6.07, 6.45) is -3.40. The van der Waals surface area contributed by atoms with Gasteiger partial charge in [0.05, 0.1) is 0 Å². The first-order valence-electron chi connectivity index (χ1n) is 6.88. The first-order chi connectivity index (χ1) is 11.3. The molecule has 1 fully saturated rings. The molecule has 1 saturated heterocycles. The third-order valence-corrected chi connectivity index (χ3v) is 5.49. The number of halogens is 3. The second kappa shape index (κ2) is 6.06. The molecule has 7 nitrogen and oxygen atoms in total. The van der Waals surface area contributed by atoms with E-state index >= 15 is 0 Å². The van der Waals surface area contributed by atoms with E-state index in [1.807, 2.05) is 0 Å². The predicted molar refractivity (Wildman–Crippen MR) is 73.5 cm³/mol. The van der Waals surface area contributed by atoms with Crippen LogP contribution >= 0.6 is 0 Å². The molecule has 1 aliphatic rings. The zero-order valence-electron chi connectivity index (χ0n) is 12.1. The van der Waals surface area contributed by atoms with Crippen LogP contribution in [0.5, 0.6) is 5.75 Å². The van der Waals surface area contributed by atoms with Crippen molar-refractivity contribution in [2.45, 2.75) is 23.6 Å². The van der Waals surface area contributed by atoms with Crippen LogP contribution in [0.2, 0.25) is 0 Å². The Morgan fingerprint density at radius 2 is 2.04 bits per heavy atom. The van der Waals surface area contributed by atoms with Crippen LogP contribution in [0.3, 0.4) is 0 Å². The molecule has 2 heterocycles. The SMILES string of the molecule is O=S(=O)(c1ccccc1OC(F)(F)F)N1CC[C@@H](c2ncon2)C1. The van der Waals surface area contributed by atoms with Gasteiger partial charge in [0.25, 0.3) is 0 Å². The minimum atomic E-state index is -4.98. The van der Waals surface area contributed by atoms with Crippen LogP contribution in [0, 0.1) is 0 Å². The molecule has 1 aromatic heterocycles. The van der Waals surface area contributed by atoms with Crippen molar-refractivity contribution < 1.29 is 30.8 Å². The summed E-state index contributed by atoms with van der Waals surface area (Å²) in [5.74, 6) is -0.658. The molecule has 11 heteroatoms. The third kappa shape index (κ3) is 3.36. The molecule has 0 saturated carbocycles. The Bertz CT molecular complexity index is 808. The zero-order chi connectivity index (χ0) is 17.4. The molecule has 0 spiro atoms. The molecule has 0 aliphatic carbocycles. The number of aromatic nitrogens is 2. The third-order valence-electron chi connectivity index (χ3n) is 3.59. The summed E-state index contributed by atoms with van der Waals surface area (Å²) in [6, 6.07) is 4.65. The lowest BCUT2D eigenvalue weighted by atomic mass is 10.1. The Kier molecular flexibility index (Phi) is 4.22. The molecule has 130 valence electrons. The van der Waals surface area contributed by atoms with E-state index in [-0.39, 0.29) is 19.0 Å². The fourth-order valence-electron chi connectivity index (χ4n) is 2.53. The van der Waals surface area contributed by atoms with E-state index in [9.17, 15) is 21.6 Å². The van der Waals surface area contributed by atoms with E-state index < -0.39 is 27.0 Å². The van der Waals surface area contributed by atoms with Gasteiger partial charge in [-0.1, -0.05) is 17.3 Å². The smallest absolute Gasteiger partial charge is 0.404 e. The summed E-state index contributed by atoms with van der Waals surface area (Å²) < 4.78 is 72.3. The number of sulfonamides is 1. The van der Waals surface area contributed by atoms with Gasteiger partial charge in [0.2, 0.25) is 16.4 Å². The van der Waals surface area contributed by atoms with E-state index in [1.54, 1.807) is 0 Å². The standard InChI is InChI=1S/C13H12F3N3O4S/c14-13(15,16)23-10-3-1-2-4-11(10)24(20,21)19-6-5-9(7-19)12-17-8-22-18-12/h1-4,8-9H,5-7H2/t9-/m1/s1. The molecule has 0 N–H and O–H groups in total. The van der Waals surface area contributed by atoms with E-state index in [2.05, 4.69) is 19.4 Å². The van der Waals surface area contributed by atoms with Crippen LogP contribution in [0.1, 0.15) is 18.2 Å². The van der Waals surface area contributed by atoms with E-state index in [0.29, 0.717) is 12.2 Å². The number of benzene rings is 1. The lowest BCUT2D eigenvalue weighted by molar-refractivity contribution is -0.275.